The van der Waals surface area contributed by atoms with Gasteiger partial charge in [-0.3, -0.25) is 4.79 Å². The van der Waals surface area contributed by atoms with Crippen LogP contribution in [-0.2, 0) is 14.3 Å². The van der Waals surface area contributed by atoms with E-state index in [-0.39, 0.29) is 6.61 Å². The second-order valence-corrected chi connectivity index (χ2v) is 6.18. The molecule has 0 aromatic rings. The van der Waals surface area contributed by atoms with E-state index < -0.39 is 61.5 Å². The first-order valence-electron chi connectivity index (χ1n) is 8.31. The Morgan fingerprint density at radius 1 is 1.20 bits per heavy atom. The molecule has 0 aromatic carbocycles. The average molecular weight is 367 g/mol. The Bertz CT molecular complexity index is 406. The third-order valence-corrected chi connectivity index (χ3v) is 4.04. The van der Waals surface area contributed by atoms with Crippen LogP contribution in [0.3, 0.4) is 0 Å². The van der Waals surface area contributed by atoms with E-state index in [1.165, 1.54) is 6.92 Å². The highest BCUT2D eigenvalue weighted by Gasteiger charge is 2.44. The van der Waals surface area contributed by atoms with Gasteiger partial charge in [-0.25, -0.2) is 0 Å². The summed E-state index contributed by atoms with van der Waals surface area (Å²) in [7, 11) is 0. The molecule has 2 unspecified atom stereocenters. The minimum atomic E-state index is -1.58. The van der Waals surface area contributed by atoms with E-state index in [9.17, 15) is 30.3 Å². The topological polar surface area (TPSA) is 169 Å². The fraction of sp³-hybridized carbons (Fsp3) is 0.933. The molecule has 1 heterocycles. The Hall–Kier alpha value is -0.850. The summed E-state index contributed by atoms with van der Waals surface area (Å²) >= 11 is 0. The highest BCUT2D eigenvalue weighted by molar-refractivity contribution is 5.80. The molecule has 148 valence electrons. The van der Waals surface area contributed by atoms with E-state index in [0.717, 1.165) is 0 Å². The van der Waals surface area contributed by atoms with Crippen LogP contribution in [0.25, 0.3) is 0 Å². The number of carbonyl (C=O) groups is 1. The Balaban J connectivity index is 2.71. The summed E-state index contributed by atoms with van der Waals surface area (Å²) in [5, 5.41) is 60.3. The maximum atomic E-state index is 11.7. The van der Waals surface area contributed by atoms with E-state index in [1.54, 1.807) is 0 Å². The largest absolute Gasteiger partial charge is 0.394 e. The molecule has 1 amide bonds. The van der Waals surface area contributed by atoms with Crippen LogP contribution in [-0.4, -0.2) is 98.7 Å². The second-order valence-electron chi connectivity index (χ2n) is 6.18. The van der Waals surface area contributed by atoms with Crippen LogP contribution in [0.1, 0.15) is 26.7 Å². The molecule has 10 heteroatoms. The van der Waals surface area contributed by atoms with Crippen molar-refractivity contribution in [2.45, 2.75) is 75.6 Å². The first-order chi connectivity index (χ1) is 11.7. The molecule has 10 nitrogen and oxygen atoms in total. The summed E-state index contributed by atoms with van der Waals surface area (Å²) < 4.78 is 10.5. The zero-order valence-electron chi connectivity index (χ0n) is 14.4. The van der Waals surface area contributed by atoms with Crippen LogP contribution in [0.4, 0.5) is 0 Å². The van der Waals surface area contributed by atoms with Crippen LogP contribution < -0.4 is 5.32 Å². The number of hydrogen-bond acceptors (Lipinski definition) is 9. The highest BCUT2D eigenvalue weighted by atomic mass is 16.7. The molecule has 8 atom stereocenters. The standard InChI is InChI=1S/C15H29NO9/c1-3-4-9(19)8(16-14(23)7(2)18)6-24-15-13(22)12(21)11(20)10(5-17)25-15/h7-13,15,17-22H,3-6H2,1-2H3,(H,16,23)/t7-,8+,9-,10?,11+,12-,13?,15+/m1/s1. The van der Waals surface area contributed by atoms with Crippen molar-refractivity contribution in [3.63, 3.8) is 0 Å². The molecular weight excluding hydrogens is 338 g/mol. The Morgan fingerprint density at radius 3 is 2.36 bits per heavy atom. The van der Waals surface area contributed by atoms with Gasteiger partial charge in [-0.2, -0.15) is 0 Å². The van der Waals surface area contributed by atoms with Gasteiger partial charge in [0.05, 0.1) is 25.4 Å². The van der Waals surface area contributed by atoms with Gasteiger partial charge < -0.3 is 45.4 Å². The van der Waals surface area contributed by atoms with Crippen molar-refractivity contribution in [1.29, 1.82) is 0 Å². The maximum Gasteiger partial charge on any atom is 0.248 e. The molecule has 1 saturated heterocycles. The van der Waals surface area contributed by atoms with Gasteiger partial charge in [0.15, 0.2) is 6.29 Å². The molecule has 1 aliphatic rings. The monoisotopic (exact) mass is 367 g/mol. The van der Waals surface area contributed by atoms with Gasteiger partial charge in [0, 0.05) is 0 Å². The van der Waals surface area contributed by atoms with Crippen LogP contribution in [0, 0.1) is 0 Å². The fourth-order valence-electron chi connectivity index (χ4n) is 2.45. The minimum absolute atomic E-state index is 0.275. The molecule has 0 aromatic heterocycles. The summed E-state index contributed by atoms with van der Waals surface area (Å²) in [6.45, 7) is 2.25. The van der Waals surface area contributed by atoms with Crippen molar-refractivity contribution in [3.05, 3.63) is 0 Å². The molecule has 1 rings (SSSR count). The van der Waals surface area contributed by atoms with Crippen LogP contribution in [0.15, 0.2) is 0 Å². The van der Waals surface area contributed by atoms with Gasteiger partial charge in [-0.15, -0.1) is 0 Å². The number of aliphatic hydroxyl groups is 6. The molecule has 0 saturated carbocycles. The lowest BCUT2D eigenvalue weighted by molar-refractivity contribution is -0.302. The smallest absolute Gasteiger partial charge is 0.248 e. The SMILES string of the molecule is CCC[C@@H](O)[C@H](CO[C@H]1OC(CO)[C@H](O)[C@@H](O)C1O)NC(=O)[C@@H](C)O. The summed E-state index contributed by atoms with van der Waals surface area (Å²) in [4.78, 5) is 11.7. The van der Waals surface area contributed by atoms with Crippen molar-refractivity contribution < 1.29 is 44.9 Å². The quantitative estimate of drug-likeness (QED) is 0.222. The van der Waals surface area contributed by atoms with Gasteiger partial charge in [-0.1, -0.05) is 13.3 Å². The third kappa shape index (κ3) is 6.12. The molecule has 1 fully saturated rings. The highest BCUT2D eigenvalue weighted by Crippen LogP contribution is 2.22. The van der Waals surface area contributed by atoms with Gasteiger partial charge in [-0.05, 0) is 13.3 Å². The van der Waals surface area contributed by atoms with E-state index in [1.807, 2.05) is 6.92 Å². The number of amides is 1. The molecular formula is C15H29NO9. The second kappa shape index (κ2) is 10.3. The maximum absolute atomic E-state index is 11.7. The number of nitrogens with one attached hydrogen (secondary N) is 1. The molecule has 1 aliphatic heterocycles. The lowest BCUT2D eigenvalue weighted by atomic mass is 9.99. The van der Waals surface area contributed by atoms with Crippen molar-refractivity contribution in [2.75, 3.05) is 13.2 Å². The zero-order valence-corrected chi connectivity index (χ0v) is 14.4. The first-order valence-corrected chi connectivity index (χ1v) is 8.31. The van der Waals surface area contributed by atoms with E-state index in [2.05, 4.69) is 5.32 Å². The summed E-state index contributed by atoms with van der Waals surface area (Å²) in [5.41, 5.74) is 0. The Morgan fingerprint density at radius 2 is 1.84 bits per heavy atom. The van der Waals surface area contributed by atoms with Crippen molar-refractivity contribution in [1.82, 2.24) is 5.32 Å². The molecule has 7 N–H and O–H groups in total. The number of rotatable bonds is 9. The van der Waals surface area contributed by atoms with Crippen LogP contribution >= 0.6 is 0 Å². The molecule has 25 heavy (non-hydrogen) atoms. The normalized spacial score (nSPS) is 33.5. The Kier molecular flexibility index (Phi) is 9.17. The van der Waals surface area contributed by atoms with Crippen LogP contribution in [0.2, 0.25) is 0 Å². The summed E-state index contributed by atoms with van der Waals surface area (Å²) in [5.74, 6) is -0.697. The van der Waals surface area contributed by atoms with Crippen LogP contribution in [0.5, 0.6) is 0 Å². The predicted octanol–water partition coefficient (Wildman–Crippen LogP) is -3.17. The minimum Gasteiger partial charge on any atom is -0.394 e. The Labute approximate surface area is 146 Å². The van der Waals surface area contributed by atoms with Crippen molar-refractivity contribution in [2.24, 2.45) is 0 Å². The average Bonchev–Trinajstić information content (AvgIpc) is 2.57. The molecule has 0 spiro atoms. The van der Waals surface area contributed by atoms with Gasteiger partial charge in [0.2, 0.25) is 5.91 Å². The molecule has 0 bridgehead atoms. The van der Waals surface area contributed by atoms with E-state index >= 15 is 0 Å². The van der Waals surface area contributed by atoms with Crippen molar-refractivity contribution in [3.8, 4) is 0 Å². The summed E-state index contributed by atoms with van der Waals surface area (Å²) in [6, 6.07) is -0.880. The van der Waals surface area contributed by atoms with Gasteiger partial charge in [0.1, 0.15) is 30.5 Å². The summed E-state index contributed by atoms with van der Waals surface area (Å²) in [6.07, 6.45) is -8.37. The third-order valence-electron chi connectivity index (χ3n) is 4.04. The zero-order chi connectivity index (χ0) is 19.1. The number of carbonyl (C=O) groups excluding carboxylic acids is 1. The fourth-order valence-corrected chi connectivity index (χ4v) is 2.45. The predicted molar refractivity (Wildman–Crippen MR) is 84.2 cm³/mol. The lowest BCUT2D eigenvalue weighted by Crippen LogP contribution is -2.60. The molecule has 0 radical (unpaired) electrons. The van der Waals surface area contributed by atoms with Crippen molar-refractivity contribution >= 4 is 5.91 Å². The van der Waals surface area contributed by atoms with Gasteiger partial charge >= 0.3 is 0 Å². The first kappa shape index (κ1) is 22.2. The van der Waals surface area contributed by atoms with E-state index in [4.69, 9.17) is 14.6 Å². The van der Waals surface area contributed by atoms with Gasteiger partial charge in [0.25, 0.3) is 0 Å². The lowest BCUT2D eigenvalue weighted by Gasteiger charge is -2.40. The number of aliphatic hydroxyl groups excluding tert-OH is 6. The van der Waals surface area contributed by atoms with E-state index in [0.29, 0.717) is 12.8 Å². The number of hydrogen-bond donors (Lipinski definition) is 7. The number of ether oxygens (including phenoxy) is 2. The molecule has 0 aliphatic carbocycles.